The highest BCUT2D eigenvalue weighted by Crippen LogP contribution is 2.14. The molecule has 0 radical (unpaired) electrons. The molecule has 0 unspecified atom stereocenters. The molecule has 4 nitrogen and oxygen atoms in total. The van der Waals surface area contributed by atoms with E-state index in [-0.39, 0.29) is 0 Å². The van der Waals surface area contributed by atoms with E-state index in [4.69, 9.17) is 4.74 Å². The number of aryl methyl sites for hydroxylation is 1. The monoisotopic (exact) mass is 201 g/mol. The Hall–Kier alpha value is -0.680. The zero-order valence-electron chi connectivity index (χ0n) is 8.28. The molecule has 0 saturated carbocycles. The van der Waals surface area contributed by atoms with Crippen LogP contribution in [-0.2, 0) is 4.74 Å². The van der Waals surface area contributed by atoms with Crippen molar-refractivity contribution in [2.45, 2.75) is 13.8 Å². The van der Waals surface area contributed by atoms with Crippen molar-refractivity contribution in [1.29, 1.82) is 0 Å². The Morgan fingerprint density at radius 1 is 1.54 bits per heavy atom. The molecule has 0 aromatic carbocycles. The van der Waals surface area contributed by atoms with E-state index >= 15 is 0 Å². The lowest BCUT2D eigenvalue weighted by Gasteiger charge is -2.14. The highest BCUT2D eigenvalue weighted by Gasteiger charge is 2.05. The summed E-state index contributed by atoms with van der Waals surface area (Å²) >= 11 is 1.42. The summed E-state index contributed by atoms with van der Waals surface area (Å²) in [6.45, 7) is 6.27. The van der Waals surface area contributed by atoms with Gasteiger partial charge in [-0.25, -0.2) is 4.98 Å². The van der Waals surface area contributed by atoms with Crippen molar-refractivity contribution in [3.05, 3.63) is 5.82 Å². The lowest BCUT2D eigenvalue weighted by Crippen LogP contribution is -2.22. The second-order valence-corrected chi connectivity index (χ2v) is 3.47. The molecule has 1 heterocycles. The van der Waals surface area contributed by atoms with Crippen LogP contribution in [0.2, 0.25) is 0 Å². The molecule has 0 aliphatic carbocycles. The maximum absolute atomic E-state index is 5.25. The van der Waals surface area contributed by atoms with Gasteiger partial charge in [-0.1, -0.05) is 0 Å². The van der Waals surface area contributed by atoms with Gasteiger partial charge in [0.1, 0.15) is 5.82 Å². The van der Waals surface area contributed by atoms with Crippen molar-refractivity contribution >= 4 is 16.7 Å². The zero-order valence-corrected chi connectivity index (χ0v) is 9.10. The molecule has 0 aliphatic rings. The van der Waals surface area contributed by atoms with Crippen LogP contribution in [0.5, 0.6) is 0 Å². The minimum absolute atomic E-state index is 0.742. The number of nitrogens with zero attached hydrogens (tertiary/aromatic N) is 3. The number of anilines is 1. The van der Waals surface area contributed by atoms with E-state index in [0.29, 0.717) is 0 Å². The number of rotatable bonds is 5. The molecular weight excluding hydrogens is 186 g/mol. The van der Waals surface area contributed by atoms with Gasteiger partial charge in [0.05, 0.1) is 6.61 Å². The van der Waals surface area contributed by atoms with Gasteiger partial charge < -0.3 is 9.64 Å². The van der Waals surface area contributed by atoms with Crippen LogP contribution in [0.15, 0.2) is 0 Å². The Balaban J connectivity index is 2.35. The van der Waals surface area contributed by atoms with Gasteiger partial charge >= 0.3 is 0 Å². The summed E-state index contributed by atoms with van der Waals surface area (Å²) in [5.41, 5.74) is 0. The summed E-state index contributed by atoms with van der Waals surface area (Å²) < 4.78 is 9.36. The summed E-state index contributed by atoms with van der Waals surface area (Å²) in [4.78, 5) is 6.32. The van der Waals surface area contributed by atoms with E-state index in [0.717, 1.165) is 30.7 Å². The lowest BCUT2D eigenvalue weighted by molar-refractivity contribution is 0.154. The maximum Gasteiger partial charge on any atom is 0.205 e. The Kier molecular flexibility index (Phi) is 4.11. The molecule has 0 spiro atoms. The molecule has 0 amide bonds. The molecule has 5 heteroatoms. The van der Waals surface area contributed by atoms with E-state index in [9.17, 15) is 0 Å². The van der Waals surface area contributed by atoms with Crippen molar-refractivity contribution in [2.24, 2.45) is 0 Å². The first-order valence-corrected chi connectivity index (χ1v) is 5.10. The van der Waals surface area contributed by atoms with E-state index in [2.05, 4.69) is 14.3 Å². The third-order valence-corrected chi connectivity index (χ3v) is 2.54. The highest BCUT2D eigenvalue weighted by atomic mass is 32.1. The average Bonchev–Trinajstić information content (AvgIpc) is 2.52. The van der Waals surface area contributed by atoms with Gasteiger partial charge in [-0.15, -0.1) is 0 Å². The molecule has 0 N–H and O–H groups in total. The largest absolute Gasteiger partial charge is 0.380 e. The van der Waals surface area contributed by atoms with Crippen LogP contribution in [-0.4, -0.2) is 36.2 Å². The molecule has 0 atom stereocenters. The molecule has 1 aromatic heterocycles. The SMILES string of the molecule is CCOCCN(C)c1nc(C)ns1. The fourth-order valence-corrected chi connectivity index (χ4v) is 1.54. The summed E-state index contributed by atoms with van der Waals surface area (Å²) in [5, 5.41) is 0.956. The fraction of sp³-hybridized carbons (Fsp3) is 0.750. The lowest BCUT2D eigenvalue weighted by atomic mass is 10.6. The number of ether oxygens (including phenoxy) is 1. The summed E-state index contributed by atoms with van der Waals surface area (Å²) in [5.74, 6) is 0.836. The number of hydrogen-bond acceptors (Lipinski definition) is 5. The Labute approximate surface area is 82.7 Å². The number of aromatic nitrogens is 2. The Morgan fingerprint density at radius 3 is 2.85 bits per heavy atom. The minimum atomic E-state index is 0.742. The third-order valence-electron chi connectivity index (χ3n) is 1.62. The third kappa shape index (κ3) is 3.28. The van der Waals surface area contributed by atoms with E-state index < -0.39 is 0 Å². The molecule has 0 bridgehead atoms. The fourth-order valence-electron chi connectivity index (χ4n) is 0.883. The van der Waals surface area contributed by atoms with Crippen LogP contribution < -0.4 is 4.90 Å². The molecule has 0 aliphatic heterocycles. The van der Waals surface area contributed by atoms with Gasteiger partial charge in [0, 0.05) is 31.7 Å². The molecule has 74 valence electrons. The van der Waals surface area contributed by atoms with Crippen LogP contribution in [0.4, 0.5) is 5.13 Å². The van der Waals surface area contributed by atoms with Crippen molar-refractivity contribution in [3.8, 4) is 0 Å². The second kappa shape index (κ2) is 5.14. The average molecular weight is 201 g/mol. The smallest absolute Gasteiger partial charge is 0.205 e. The predicted molar refractivity (Wildman–Crippen MR) is 54.4 cm³/mol. The van der Waals surface area contributed by atoms with Crippen molar-refractivity contribution in [3.63, 3.8) is 0 Å². The van der Waals surface area contributed by atoms with Gasteiger partial charge in [-0.05, 0) is 13.8 Å². The first kappa shape index (κ1) is 10.4. The van der Waals surface area contributed by atoms with Gasteiger partial charge in [-0.3, -0.25) is 0 Å². The molecule has 13 heavy (non-hydrogen) atoms. The van der Waals surface area contributed by atoms with Crippen LogP contribution in [0, 0.1) is 6.92 Å². The van der Waals surface area contributed by atoms with Crippen LogP contribution in [0.1, 0.15) is 12.7 Å². The van der Waals surface area contributed by atoms with Crippen LogP contribution >= 0.6 is 11.5 Å². The van der Waals surface area contributed by atoms with Gasteiger partial charge in [0.2, 0.25) is 5.13 Å². The molecule has 1 aromatic rings. The zero-order chi connectivity index (χ0) is 9.68. The van der Waals surface area contributed by atoms with E-state index in [1.807, 2.05) is 20.9 Å². The summed E-state index contributed by atoms with van der Waals surface area (Å²) in [6, 6.07) is 0. The predicted octanol–water partition coefficient (Wildman–Crippen LogP) is 1.32. The van der Waals surface area contributed by atoms with Crippen LogP contribution in [0.25, 0.3) is 0 Å². The normalized spacial score (nSPS) is 10.4. The standard InChI is InChI=1S/C8H15N3OS/c1-4-12-6-5-11(3)8-9-7(2)10-13-8/h4-6H2,1-3H3. The molecule has 1 rings (SSSR count). The Bertz CT molecular complexity index is 251. The molecular formula is C8H15N3OS. The first-order chi connectivity index (χ1) is 6.24. The van der Waals surface area contributed by atoms with Crippen molar-refractivity contribution in [2.75, 3.05) is 31.7 Å². The van der Waals surface area contributed by atoms with Crippen molar-refractivity contribution < 1.29 is 4.74 Å². The second-order valence-electron chi connectivity index (χ2n) is 2.74. The summed E-state index contributed by atoms with van der Waals surface area (Å²) in [6.07, 6.45) is 0. The van der Waals surface area contributed by atoms with E-state index in [1.54, 1.807) is 0 Å². The van der Waals surface area contributed by atoms with E-state index in [1.165, 1.54) is 11.5 Å². The van der Waals surface area contributed by atoms with Crippen molar-refractivity contribution in [1.82, 2.24) is 9.36 Å². The molecule has 0 saturated heterocycles. The number of likely N-dealkylation sites (N-methyl/N-ethyl adjacent to an activating group) is 1. The maximum atomic E-state index is 5.25. The van der Waals surface area contributed by atoms with Gasteiger partial charge in [0.15, 0.2) is 0 Å². The highest BCUT2D eigenvalue weighted by molar-refractivity contribution is 7.09. The minimum Gasteiger partial charge on any atom is -0.380 e. The molecule has 0 fully saturated rings. The summed E-state index contributed by atoms with van der Waals surface area (Å²) in [7, 11) is 2.00. The number of hydrogen-bond donors (Lipinski definition) is 0. The Morgan fingerprint density at radius 2 is 2.31 bits per heavy atom. The van der Waals surface area contributed by atoms with Gasteiger partial charge in [0.25, 0.3) is 0 Å². The van der Waals surface area contributed by atoms with Gasteiger partial charge in [-0.2, -0.15) is 4.37 Å². The topological polar surface area (TPSA) is 38.2 Å². The van der Waals surface area contributed by atoms with Crippen LogP contribution in [0.3, 0.4) is 0 Å². The first-order valence-electron chi connectivity index (χ1n) is 4.33. The quantitative estimate of drug-likeness (QED) is 0.673.